The van der Waals surface area contributed by atoms with E-state index in [-0.39, 0.29) is 24.1 Å². The second-order valence-corrected chi connectivity index (χ2v) is 7.62. The van der Waals surface area contributed by atoms with Gasteiger partial charge < -0.3 is 10.1 Å². The monoisotopic (exact) mass is 392 g/mol. The Labute approximate surface area is 144 Å². The van der Waals surface area contributed by atoms with E-state index in [1.54, 1.807) is 0 Å². The molecule has 1 aliphatic carbocycles. The van der Waals surface area contributed by atoms with Crippen LogP contribution >= 0.6 is 0 Å². The topological polar surface area (TPSA) is 99.3 Å². The molecular formula is C15H12F4N2O4S. The van der Waals surface area contributed by atoms with Crippen LogP contribution in [-0.2, 0) is 26.4 Å². The molecule has 0 spiro atoms. The Bertz CT molecular complexity index is 978. The van der Waals surface area contributed by atoms with E-state index in [4.69, 9.17) is 0 Å². The molecule has 6 nitrogen and oxygen atoms in total. The quantitative estimate of drug-likeness (QED) is 0.681. The normalized spacial score (nSPS) is 16.3. The molecule has 2 aromatic rings. The second-order valence-electron chi connectivity index (χ2n) is 5.93. The van der Waals surface area contributed by atoms with Crippen LogP contribution in [0.15, 0.2) is 35.4 Å². The van der Waals surface area contributed by atoms with Gasteiger partial charge in [0, 0.05) is 11.8 Å². The van der Waals surface area contributed by atoms with E-state index in [0.717, 1.165) is 18.2 Å². The van der Waals surface area contributed by atoms with Crippen LogP contribution in [0.3, 0.4) is 0 Å². The van der Waals surface area contributed by atoms with Crippen molar-refractivity contribution in [2.75, 3.05) is 4.72 Å². The van der Waals surface area contributed by atoms with E-state index in [1.807, 2.05) is 9.71 Å². The van der Waals surface area contributed by atoms with E-state index < -0.39 is 44.0 Å². The van der Waals surface area contributed by atoms with Gasteiger partial charge in [-0.2, -0.15) is 13.2 Å². The van der Waals surface area contributed by atoms with Gasteiger partial charge in [-0.3, -0.25) is 9.52 Å². The first-order valence-corrected chi connectivity index (χ1v) is 8.76. The van der Waals surface area contributed by atoms with Gasteiger partial charge in [-0.15, -0.1) is 0 Å². The van der Waals surface area contributed by atoms with Gasteiger partial charge in [-0.1, -0.05) is 6.07 Å². The maximum Gasteiger partial charge on any atom is 0.431 e. The second kappa shape index (κ2) is 5.73. The van der Waals surface area contributed by atoms with Crippen molar-refractivity contribution in [3.63, 3.8) is 0 Å². The molecule has 3 rings (SSSR count). The molecule has 0 aliphatic heterocycles. The number of benzene rings is 1. The van der Waals surface area contributed by atoms with Gasteiger partial charge in [-0.25, -0.2) is 12.8 Å². The molecule has 0 bridgehead atoms. The van der Waals surface area contributed by atoms with Crippen molar-refractivity contribution in [1.29, 1.82) is 0 Å². The minimum absolute atomic E-state index is 0.0612. The molecule has 1 heterocycles. The number of sulfonamides is 1. The lowest BCUT2D eigenvalue weighted by atomic mass is 9.95. The van der Waals surface area contributed by atoms with Crippen LogP contribution in [0.1, 0.15) is 24.1 Å². The van der Waals surface area contributed by atoms with E-state index in [1.165, 1.54) is 0 Å². The number of carbonyl (C=O) groups is 1. The highest BCUT2D eigenvalue weighted by Crippen LogP contribution is 2.49. The standard InChI is InChI=1S/C15H12F4N2O4S/c16-11-5-8(1-2-10(11)14(3-4-14)13(22)23)21-26(24,25)9-6-12(20-7-9)15(17,18)19/h1-2,5-7,20-21H,3-4H2,(H,22,23). The smallest absolute Gasteiger partial charge is 0.431 e. The molecule has 3 N–H and O–H groups in total. The highest BCUT2D eigenvalue weighted by Gasteiger charge is 2.53. The SMILES string of the molecule is O=C(O)C1(c2ccc(NS(=O)(=O)c3c[nH]c(C(F)(F)F)c3)cc2F)CC1. The molecule has 0 atom stereocenters. The molecule has 1 aliphatic rings. The summed E-state index contributed by atoms with van der Waals surface area (Å²) >= 11 is 0. The summed E-state index contributed by atoms with van der Waals surface area (Å²) in [7, 11) is -4.38. The molecular weight excluding hydrogens is 380 g/mol. The molecule has 0 amide bonds. The molecule has 11 heteroatoms. The molecule has 1 aromatic heterocycles. The minimum Gasteiger partial charge on any atom is -0.481 e. The Balaban J connectivity index is 1.86. The third-order valence-electron chi connectivity index (χ3n) is 4.17. The summed E-state index contributed by atoms with van der Waals surface area (Å²) in [5, 5.41) is 9.18. The average molecular weight is 392 g/mol. The van der Waals surface area contributed by atoms with Crippen molar-refractivity contribution in [2.45, 2.75) is 29.3 Å². The molecule has 0 unspecified atom stereocenters. The summed E-state index contributed by atoms with van der Waals surface area (Å²) in [4.78, 5) is 12.4. The van der Waals surface area contributed by atoms with E-state index in [2.05, 4.69) is 0 Å². The number of aliphatic carboxylic acids is 1. The summed E-state index contributed by atoms with van der Waals surface area (Å²) in [5.41, 5.74) is -2.84. The number of hydrogen-bond donors (Lipinski definition) is 3. The van der Waals surface area contributed by atoms with Crippen molar-refractivity contribution in [3.05, 3.63) is 47.5 Å². The van der Waals surface area contributed by atoms with Crippen molar-refractivity contribution in [3.8, 4) is 0 Å². The van der Waals surface area contributed by atoms with Gasteiger partial charge in [-0.05, 0) is 31.0 Å². The zero-order chi connectivity index (χ0) is 19.3. The van der Waals surface area contributed by atoms with Crippen LogP contribution in [0.4, 0.5) is 23.2 Å². The first-order chi connectivity index (χ1) is 12.0. The van der Waals surface area contributed by atoms with E-state index >= 15 is 0 Å². The highest BCUT2D eigenvalue weighted by atomic mass is 32.2. The lowest BCUT2D eigenvalue weighted by Crippen LogP contribution is -2.21. The number of carboxylic acids is 1. The summed E-state index contributed by atoms with van der Waals surface area (Å²) in [6.07, 6.45) is -3.53. The average Bonchev–Trinajstić information content (AvgIpc) is 3.13. The van der Waals surface area contributed by atoms with Crippen molar-refractivity contribution in [2.24, 2.45) is 0 Å². The first kappa shape index (κ1) is 18.2. The largest absolute Gasteiger partial charge is 0.481 e. The Hall–Kier alpha value is -2.56. The van der Waals surface area contributed by atoms with E-state index in [9.17, 15) is 35.9 Å². The molecule has 1 fully saturated rings. The third-order valence-corrected chi connectivity index (χ3v) is 5.53. The number of nitrogens with one attached hydrogen (secondary N) is 2. The first-order valence-electron chi connectivity index (χ1n) is 7.28. The van der Waals surface area contributed by atoms with Crippen molar-refractivity contribution >= 4 is 21.7 Å². The van der Waals surface area contributed by atoms with Gasteiger partial charge in [0.25, 0.3) is 10.0 Å². The Morgan fingerprint density at radius 2 is 1.88 bits per heavy atom. The summed E-state index contributed by atoms with van der Waals surface area (Å²) < 4.78 is 78.1. The van der Waals surface area contributed by atoms with Gasteiger partial charge in [0.1, 0.15) is 16.4 Å². The fourth-order valence-electron chi connectivity index (χ4n) is 2.60. The fraction of sp³-hybridized carbons (Fsp3) is 0.267. The van der Waals surface area contributed by atoms with Crippen molar-refractivity contribution < 1.29 is 35.9 Å². The fourth-order valence-corrected chi connectivity index (χ4v) is 3.64. The number of halogens is 4. The number of rotatable bonds is 5. The number of alkyl halides is 3. The van der Waals surface area contributed by atoms with Gasteiger partial charge >= 0.3 is 12.1 Å². The summed E-state index contributed by atoms with van der Waals surface area (Å²) in [6, 6.07) is 3.53. The molecule has 26 heavy (non-hydrogen) atoms. The maximum atomic E-state index is 14.2. The lowest BCUT2D eigenvalue weighted by molar-refractivity contribution is -0.141. The van der Waals surface area contributed by atoms with Gasteiger partial charge in [0.15, 0.2) is 0 Å². The number of aromatic amines is 1. The predicted molar refractivity (Wildman–Crippen MR) is 81.6 cm³/mol. The van der Waals surface area contributed by atoms with Crippen molar-refractivity contribution in [1.82, 2.24) is 4.98 Å². The minimum atomic E-state index is -4.74. The number of H-pyrrole nitrogens is 1. The lowest BCUT2D eigenvalue weighted by Gasteiger charge is -2.13. The zero-order valence-corrected chi connectivity index (χ0v) is 13.7. The Kier molecular flexibility index (Phi) is 4.02. The number of hydrogen-bond acceptors (Lipinski definition) is 3. The highest BCUT2D eigenvalue weighted by molar-refractivity contribution is 7.92. The van der Waals surface area contributed by atoms with E-state index in [0.29, 0.717) is 12.3 Å². The summed E-state index contributed by atoms with van der Waals surface area (Å²) in [5.74, 6) is -2.08. The van der Waals surface area contributed by atoms with Crippen LogP contribution in [0, 0.1) is 5.82 Å². The molecule has 1 aromatic carbocycles. The summed E-state index contributed by atoms with van der Waals surface area (Å²) in [6.45, 7) is 0. The van der Waals surface area contributed by atoms with Crippen LogP contribution in [0.5, 0.6) is 0 Å². The molecule has 1 saturated carbocycles. The maximum absolute atomic E-state index is 14.2. The number of aromatic nitrogens is 1. The Morgan fingerprint density at radius 1 is 1.23 bits per heavy atom. The predicted octanol–water partition coefficient (Wildman–Crippen LogP) is 3.09. The van der Waals surface area contributed by atoms with Crippen LogP contribution in [0.25, 0.3) is 0 Å². The van der Waals surface area contributed by atoms with Crippen LogP contribution in [0.2, 0.25) is 0 Å². The number of carboxylic acid groups (broad SMARTS) is 1. The Morgan fingerprint density at radius 3 is 2.35 bits per heavy atom. The van der Waals surface area contributed by atoms with Crippen LogP contribution < -0.4 is 4.72 Å². The molecule has 0 saturated heterocycles. The molecule has 0 radical (unpaired) electrons. The zero-order valence-electron chi connectivity index (χ0n) is 12.9. The van der Waals surface area contributed by atoms with Gasteiger partial charge in [0.05, 0.1) is 11.1 Å². The third kappa shape index (κ3) is 3.14. The molecule has 140 valence electrons. The van der Waals surface area contributed by atoms with Crippen LogP contribution in [-0.4, -0.2) is 24.5 Å². The van der Waals surface area contributed by atoms with Gasteiger partial charge in [0.2, 0.25) is 0 Å². The number of anilines is 1.